The van der Waals surface area contributed by atoms with Crippen LogP contribution in [0.15, 0.2) is 34.9 Å². The van der Waals surface area contributed by atoms with E-state index in [4.69, 9.17) is 16.7 Å². The molecule has 0 saturated heterocycles. The first kappa shape index (κ1) is 12.2. The van der Waals surface area contributed by atoms with Crippen LogP contribution in [0.4, 0.5) is 0 Å². The number of rotatable bonds is 2. The Morgan fingerprint density at radius 1 is 1.47 bits per heavy atom. The number of carboxylic acids is 1. The number of carbonyl (C=O) groups is 1. The topological polar surface area (TPSA) is 42.2 Å². The minimum atomic E-state index is -0.977. The minimum absolute atomic E-state index is 0.197. The van der Waals surface area contributed by atoms with Crippen molar-refractivity contribution in [2.24, 2.45) is 0 Å². The highest BCUT2D eigenvalue weighted by Crippen LogP contribution is 2.26. The Labute approximate surface area is 112 Å². The molecule has 0 radical (unpaired) electrons. The van der Waals surface area contributed by atoms with Crippen LogP contribution in [0, 0.1) is 6.92 Å². The molecule has 0 atom stereocenters. The van der Waals surface area contributed by atoms with Crippen molar-refractivity contribution in [3.05, 3.63) is 51.2 Å². The first-order chi connectivity index (χ1) is 8.00. The molecule has 0 spiro atoms. The lowest BCUT2D eigenvalue weighted by molar-refractivity contribution is 0.0688. The molecule has 0 aliphatic carbocycles. The summed E-state index contributed by atoms with van der Waals surface area (Å²) in [7, 11) is 0. The highest BCUT2D eigenvalue weighted by molar-refractivity contribution is 9.10. The molecule has 2 rings (SSSR count). The van der Waals surface area contributed by atoms with Crippen molar-refractivity contribution in [3.8, 4) is 5.69 Å². The van der Waals surface area contributed by atoms with Crippen molar-refractivity contribution in [2.75, 3.05) is 0 Å². The van der Waals surface area contributed by atoms with E-state index in [0.717, 1.165) is 11.3 Å². The lowest BCUT2D eigenvalue weighted by atomic mass is 10.2. The van der Waals surface area contributed by atoms with Crippen LogP contribution in [-0.2, 0) is 0 Å². The molecule has 0 saturated carbocycles. The van der Waals surface area contributed by atoms with Crippen molar-refractivity contribution < 1.29 is 9.90 Å². The monoisotopic (exact) mass is 313 g/mol. The lowest BCUT2D eigenvalue weighted by Crippen LogP contribution is -2.06. The smallest absolute Gasteiger partial charge is 0.352 e. The first-order valence-electron chi connectivity index (χ1n) is 4.87. The Morgan fingerprint density at radius 2 is 2.18 bits per heavy atom. The van der Waals surface area contributed by atoms with Crippen molar-refractivity contribution in [2.45, 2.75) is 6.92 Å². The molecule has 1 heterocycles. The molecular weight excluding hydrogens is 305 g/mol. The Hall–Kier alpha value is -1.26. The average Bonchev–Trinajstić information content (AvgIpc) is 2.64. The van der Waals surface area contributed by atoms with Crippen LogP contribution in [-0.4, -0.2) is 15.6 Å². The number of aromatic carboxylic acids is 1. The summed E-state index contributed by atoms with van der Waals surface area (Å²) in [5.74, 6) is -0.977. The number of hydrogen-bond donors (Lipinski definition) is 1. The van der Waals surface area contributed by atoms with Crippen LogP contribution in [0.5, 0.6) is 0 Å². The molecule has 88 valence electrons. The second kappa shape index (κ2) is 4.55. The van der Waals surface area contributed by atoms with Gasteiger partial charge in [0.05, 0.1) is 5.69 Å². The van der Waals surface area contributed by atoms with Crippen LogP contribution in [0.3, 0.4) is 0 Å². The fourth-order valence-corrected chi connectivity index (χ4v) is 2.24. The number of hydrogen-bond acceptors (Lipinski definition) is 1. The van der Waals surface area contributed by atoms with Crippen LogP contribution in [0.2, 0.25) is 5.02 Å². The number of nitrogens with zero attached hydrogens (tertiary/aromatic N) is 1. The zero-order chi connectivity index (χ0) is 12.6. The number of carboxylic acid groups (broad SMARTS) is 1. The quantitative estimate of drug-likeness (QED) is 0.913. The Bertz CT molecular complexity index is 592. The Balaban J connectivity index is 2.68. The summed E-state index contributed by atoms with van der Waals surface area (Å²) in [6.07, 6.45) is 1.71. The van der Waals surface area contributed by atoms with Crippen LogP contribution in [0.25, 0.3) is 5.69 Å². The predicted molar refractivity (Wildman–Crippen MR) is 70.2 cm³/mol. The van der Waals surface area contributed by atoms with Crippen molar-refractivity contribution in [1.29, 1.82) is 0 Å². The van der Waals surface area contributed by atoms with E-state index in [9.17, 15) is 4.79 Å². The molecule has 0 bridgehead atoms. The maximum absolute atomic E-state index is 11.1. The lowest BCUT2D eigenvalue weighted by Gasteiger charge is -2.10. The molecule has 1 aromatic heterocycles. The van der Waals surface area contributed by atoms with E-state index in [1.54, 1.807) is 29.0 Å². The van der Waals surface area contributed by atoms with Gasteiger partial charge in [0.1, 0.15) is 5.69 Å². The maximum atomic E-state index is 11.1. The van der Waals surface area contributed by atoms with Gasteiger partial charge in [0.25, 0.3) is 0 Å². The first-order valence-corrected chi connectivity index (χ1v) is 6.04. The third-order valence-corrected chi connectivity index (χ3v) is 3.35. The van der Waals surface area contributed by atoms with E-state index in [1.807, 2.05) is 13.0 Å². The maximum Gasteiger partial charge on any atom is 0.352 e. The largest absolute Gasteiger partial charge is 0.477 e. The van der Waals surface area contributed by atoms with Gasteiger partial charge in [-0.15, -0.1) is 0 Å². The summed E-state index contributed by atoms with van der Waals surface area (Å²) in [5, 5.41) is 9.74. The summed E-state index contributed by atoms with van der Waals surface area (Å²) in [5.41, 5.74) is 1.81. The molecule has 2 aromatic rings. The fourth-order valence-electron chi connectivity index (χ4n) is 1.65. The van der Waals surface area contributed by atoms with Gasteiger partial charge in [-0.3, -0.25) is 0 Å². The van der Waals surface area contributed by atoms with Gasteiger partial charge in [-0.05, 0) is 46.6 Å². The van der Waals surface area contributed by atoms with Crippen LogP contribution < -0.4 is 0 Å². The predicted octanol–water partition coefficient (Wildman–Crippen LogP) is 3.90. The second-order valence-electron chi connectivity index (χ2n) is 3.60. The van der Waals surface area contributed by atoms with Crippen molar-refractivity contribution >= 4 is 33.5 Å². The molecule has 0 fully saturated rings. The van der Waals surface area contributed by atoms with Gasteiger partial charge < -0.3 is 9.67 Å². The molecule has 5 heteroatoms. The molecule has 3 nitrogen and oxygen atoms in total. The summed E-state index contributed by atoms with van der Waals surface area (Å²) in [6.45, 7) is 1.86. The standard InChI is InChI=1S/C12H9BrClNO2/c1-7-9(14)3-2-4-10(7)15-6-8(13)5-11(15)12(16)17/h2-6H,1H3,(H,16,17). The SMILES string of the molecule is Cc1c(Cl)cccc1-n1cc(Br)cc1C(=O)O. The van der Waals surface area contributed by atoms with E-state index < -0.39 is 5.97 Å². The highest BCUT2D eigenvalue weighted by atomic mass is 79.9. The number of benzene rings is 1. The minimum Gasteiger partial charge on any atom is -0.477 e. The summed E-state index contributed by atoms with van der Waals surface area (Å²) >= 11 is 9.30. The Kier molecular flexibility index (Phi) is 3.26. The van der Waals surface area contributed by atoms with Crippen molar-refractivity contribution in [1.82, 2.24) is 4.57 Å². The number of aromatic nitrogens is 1. The zero-order valence-corrected chi connectivity index (χ0v) is 11.3. The third kappa shape index (κ3) is 2.23. The van der Waals surface area contributed by atoms with Crippen LogP contribution in [0.1, 0.15) is 16.1 Å². The van der Waals surface area contributed by atoms with E-state index in [2.05, 4.69) is 15.9 Å². The zero-order valence-electron chi connectivity index (χ0n) is 8.95. The fraction of sp³-hybridized carbons (Fsp3) is 0.0833. The molecule has 0 aliphatic rings. The molecule has 0 aliphatic heterocycles. The second-order valence-corrected chi connectivity index (χ2v) is 4.93. The van der Waals surface area contributed by atoms with Gasteiger partial charge in [-0.2, -0.15) is 0 Å². The van der Waals surface area contributed by atoms with Gasteiger partial charge in [0.15, 0.2) is 0 Å². The summed E-state index contributed by atoms with van der Waals surface area (Å²) < 4.78 is 2.32. The van der Waals surface area contributed by atoms with Gasteiger partial charge >= 0.3 is 5.97 Å². The van der Waals surface area contributed by atoms with Gasteiger partial charge in [0, 0.05) is 15.7 Å². The molecular formula is C12H9BrClNO2. The molecule has 1 N–H and O–H groups in total. The number of halogens is 2. The van der Waals surface area contributed by atoms with E-state index in [1.165, 1.54) is 0 Å². The average molecular weight is 315 g/mol. The normalized spacial score (nSPS) is 10.5. The third-order valence-electron chi connectivity index (χ3n) is 2.50. The molecule has 1 aromatic carbocycles. The van der Waals surface area contributed by atoms with E-state index >= 15 is 0 Å². The van der Waals surface area contributed by atoms with Crippen LogP contribution >= 0.6 is 27.5 Å². The molecule has 17 heavy (non-hydrogen) atoms. The van der Waals surface area contributed by atoms with E-state index in [-0.39, 0.29) is 5.69 Å². The highest BCUT2D eigenvalue weighted by Gasteiger charge is 2.14. The molecule has 0 unspecified atom stereocenters. The van der Waals surface area contributed by atoms with Gasteiger partial charge in [-0.25, -0.2) is 4.79 Å². The van der Waals surface area contributed by atoms with Gasteiger partial charge in [-0.1, -0.05) is 17.7 Å². The van der Waals surface area contributed by atoms with E-state index in [0.29, 0.717) is 9.50 Å². The molecule has 0 amide bonds. The summed E-state index contributed by atoms with van der Waals surface area (Å²) in [6, 6.07) is 6.96. The van der Waals surface area contributed by atoms with Crippen molar-refractivity contribution in [3.63, 3.8) is 0 Å². The summed E-state index contributed by atoms with van der Waals surface area (Å²) in [4.78, 5) is 11.1. The Morgan fingerprint density at radius 3 is 2.82 bits per heavy atom. The van der Waals surface area contributed by atoms with Gasteiger partial charge in [0.2, 0.25) is 0 Å².